The summed E-state index contributed by atoms with van der Waals surface area (Å²) in [7, 11) is 0. The van der Waals surface area contributed by atoms with Crippen molar-refractivity contribution in [3.05, 3.63) is 59.2 Å². The molecule has 0 aliphatic carbocycles. The van der Waals surface area contributed by atoms with Crippen LogP contribution in [0.2, 0.25) is 0 Å². The van der Waals surface area contributed by atoms with Gasteiger partial charge in [0.15, 0.2) is 5.78 Å². The van der Waals surface area contributed by atoms with Crippen molar-refractivity contribution >= 4 is 11.9 Å². The second-order valence-corrected chi connectivity index (χ2v) is 6.63. The van der Waals surface area contributed by atoms with Crippen molar-refractivity contribution in [3.63, 3.8) is 0 Å². The Morgan fingerprint density at radius 2 is 1.88 bits per heavy atom. The first-order valence-corrected chi connectivity index (χ1v) is 7.90. The molecule has 2 N–H and O–H groups in total. The summed E-state index contributed by atoms with van der Waals surface area (Å²) in [5.74, 6) is 0.469. The Hall–Kier alpha value is -2.75. The molecule has 0 spiro atoms. The SMILES string of the molecule is CC1(C)CCc2cc(C(=O)/C=C/c3ccc(O)cc3)c(O)cc2O1. The molecule has 124 valence electrons. The molecule has 0 fully saturated rings. The fourth-order valence-corrected chi connectivity index (χ4v) is 2.73. The molecule has 1 heterocycles. The molecule has 1 aliphatic rings. The number of carbonyl (C=O) groups excluding carboxylic acids is 1. The third-order valence-electron chi connectivity index (χ3n) is 4.15. The minimum Gasteiger partial charge on any atom is -0.508 e. The third-order valence-corrected chi connectivity index (χ3v) is 4.15. The van der Waals surface area contributed by atoms with Crippen LogP contribution >= 0.6 is 0 Å². The van der Waals surface area contributed by atoms with E-state index in [4.69, 9.17) is 4.74 Å². The lowest BCUT2D eigenvalue weighted by Crippen LogP contribution is -2.32. The van der Waals surface area contributed by atoms with Crippen molar-refractivity contribution in [3.8, 4) is 17.2 Å². The topological polar surface area (TPSA) is 66.8 Å². The van der Waals surface area contributed by atoms with Gasteiger partial charge < -0.3 is 14.9 Å². The summed E-state index contributed by atoms with van der Waals surface area (Å²) in [6.45, 7) is 4.01. The van der Waals surface area contributed by atoms with Crippen molar-refractivity contribution < 1.29 is 19.7 Å². The van der Waals surface area contributed by atoms with Crippen LogP contribution in [0, 0.1) is 0 Å². The Bertz CT molecular complexity index is 801. The van der Waals surface area contributed by atoms with Gasteiger partial charge in [-0.25, -0.2) is 0 Å². The summed E-state index contributed by atoms with van der Waals surface area (Å²) in [5.41, 5.74) is 1.74. The molecule has 2 aromatic rings. The summed E-state index contributed by atoms with van der Waals surface area (Å²) in [4.78, 5) is 12.4. The van der Waals surface area contributed by atoms with Crippen LogP contribution in [0.25, 0.3) is 6.08 Å². The molecule has 0 radical (unpaired) electrons. The minimum absolute atomic E-state index is 0.0770. The van der Waals surface area contributed by atoms with Crippen molar-refractivity contribution in [1.82, 2.24) is 0 Å². The second kappa shape index (κ2) is 6.04. The maximum atomic E-state index is 12.4. The number of rotatable bonds is 3. The molecule has 2 aromatic carbocycles. The van der Waals surface area contributed by atoms with E-state index in [-0.39, 0.29) is 28.4 Å². The number of fused-ring (bicyclic) bond motifs is 1. The van der Waals surface area contributed by atoms with E-state index in [1.807, 2.05) is 13.8 Å². The number of aromatic hydroxyl groups is 2. The normalized spacial score (nSPS) is 15.8. The molecule has 0 unspecified atom stereocenters. The number of hydrogen-bond donors (Lipinski definition) is 2. The van der Waals surface area contributed by atoms with Crippen LogP contribution in [-0.4, -0.2) is 21.6 Å². The lowest BCUT2D eigenvalue weighted by atomic mass is 9.92. The summed E-state index contributed by atoms with van der Waals surface area (Å²) < 4.78 is 5.86. The first-order valence-electron chi connectivity index (χ1n) is 7.90. The first kappa shape index (κ1) is 16.1. The standard InChI is InChI=1S/C20H20O4/c1-20(2)10-9-14-11-16(18(23)12-19(14)24-20)17(22)8-5-13-3-6-15(21)7-4-13/h3-8,11-12,21,23H,9-10H2,1-2H3/b8-5+. The maximum Gasteiger partial charge on any atom is 0.189 e. The Kier molecular flexibility index (Phi) is 4.06. The Balaban J connectivity index is 1.84. The second-order valence-electron chi connectivity index (χ2n) is 6.63. The van der Waals surface area contributed by atoms with Gasteiger partial charge in [0, 0.05) is 6.07 Å². The van der Waals surface area contributed by atoms with Gasteiger partial charge in [-0.1, -0.05) is 18.2 Å². The van der Waals surface area contributed by atoms with Gasteiger partial charge in [-0.2, -0.15) is 0 Å². The molecule has 0 aromatic heterocycles. The predicted molar refractivity (Wildman–Crippen MR) is 92.6 cm³/mol. The summed E-state index contributed by atoms with van der Waals surface area (Å²) in [6, 6.07) is 9.77. The van der Waals surface area contributed by atoms with Crippen molar-refractivity contribution in [2.45, 2.75) is 32.3 Å². The maximum absolute atomic E-state index is 12.4. The van der Waals surface area contributed by atoms with E-state index in [0.717, 1.165) is 24.0 Å². The highest BCUT2D eigenvalue weighted by Crippen LogP contribution is 2.37. The molecule has 0 amide bonds. The molecule has 4 heteroatoms. The number of aryl methyl sites for hydroxylation is 1. The van der Waals surface area contributed by atoms with Crippen LogP contribution in [0.5, 0.6) is 17.2 Å². The lowest BCUT2D eigenvalue weighted by Gasteiger charge is -2.32. The number of phenolic OH excluding ortho intramolecular Hbond substituents is 2. The zero-order valence-corrected chi connectivity index (χ0v) is 13.7. The molecule has 4 nitrogen and oxygen atoms in total. The van der Waals surface area contributed by atoms with E-state index >= 15 is 0 Å². The fraction of sp³-hybridized carbons (Fsp3) is 0.250. The van der Waals surface area contributed by atoms with Crippen LogP contribution in [0.4, 0.5) is 0 Å². The van der Waals surface area contributed by atoms with E-state index in [0.29, 0.717) is 5.75 Å². The van der Waals surface area contributed by atoms with Gasteiger partial charge in [-0.15, -0.1) is 0 Å². The van der Waals surface area contributed by atoms with Crippen LogP contribution in [-0.2, 0) is 6.42 Å². The van der Waals surface area contributed by atoms with E-state index < -0.39 is 0 Å². The van der Waals surface area contributed by atoms with Crippen LogP contribution in [0.15, 0.2) is 42.5 Å². The van der Waals surface area contributed by atoms with Crippen LogP contribution in [0.1, 0.15) is 41.8 Å². The zero-order chi connectivity index (χ0) is 17.3. The molecular weight excluding hydrogens is 304 g/mol. The third kappa shape index (κ3) is 3.43. The molecule has 1 aliphatic heterocycles. The number of allylic oxidation sites excluding steroid dienone is 1. The Morgan fingerprint density at radius 3 is 2.58 bits per heavy atom. The monoisotopic (exact) mass is 324 g/mol. The van der Waals surface area contributed by atoms with Gasteiger partial charge in [0.2, 0.25) is 0 Å². The van der Waals surface area contributed by atoms with Crippen molar-refractivity contribution in [1.29, 1.82) is 0 Å². The quantitative estimate of drug-likeness (QED) is 0.659. The fourth-order valence-electron chi connectivity index (χ4n) is 2.73. The summed E-state index contributed by atoms with van der Waals surface area (Å²) in [6.07, 6.45) is 4.74. The summed E-state index contributed by atoms with van der Waals surface area (Å²) >= 11 is 0. The Morgan fingerprint density at radius 1 is 1.17 bits per heavy atom. The molecule has 3 rings (SSSR count). The van der Waals surface area contributed by atoms with E-state index in [1.54, 1.807) is 36.4 Å². The van der Waals surface area contributed by atoms with Crippen molar-refractivity contribution in [2.24, 2.45) is 0 Å². The molecule has 24 heavy (non-hydrogen) atoms. The van der Waals surface area contributed by atoms with E-state index in [9.17, 15) is 15.0 Å². The van der Waals surface area contributed by atoms with E-state index in [1.165, 1.54) is 12.1 Å². The highest BCUT2D eigenvalue weighted by Gasteiger charge is 2.28. The summed E-state index contributed by atoms with van der Waals surface area (Å²) in [5, 5.41) is 19.4. The first-order chi connectivity index (χ1) is 11.3. The van der Waals surface area contributed by atoms with Gasteiger partial charge in [-0.3, -0.25) is 4.79 Å². The molecular formula is C20H20O4. The zero-order valence-electron chi connectivity index (χ0n) is 13.7. The molecule has 0 bridgehead atoms. The lowest BCUT2D eigenvalue weighted by molar-refractivity contribution is 0.0842. The van der Waals surface area contributed by atoms with Crippen LogP contribution < -0.4 is 4.74 Å². The van der Waals surface area contributed by atoms with Crippen molar-refractivity contribution in [2.75, 3.05) is 0 Å². The highest BCUT2D eigenvalue weighted by molar-refractivity contribution is 6.08. The van der Waals surface area contributed by atoms with Gasteiger partial charge in [0.05, 0.1) is 5.56 Å². The Labute approximate surface area is 141 Å². The van der Waals surface area contributed by atoms with Gasteiger partial charge >= 0.3 is 0 Å². The van der Waals surface area contributed by atoms with Gasteiger partial charge in [0.1, 0.15) is 22.8 Å². The molecule has 0 saturated heterocycles. The number of benzene rings is 2. The number of ketones is 1. The average Bonchev–Trinajstić information content (AvgIpc) is 2.52. The number of phenols is 2. The molecule has 0 saturated carbocycles. The minimum atomic E-state index is -0.270. The predicted octanol–water partition coefficient (Wildman–Crippen LogP) is 4.10. The largest absolute Gasteiger partial charge is 0.508 e. The van der Waals surface area contributed by atoms with E-state index in [2.05, 4.69) is 0 Å². The van der Waals surface area contributed by atoms with Crippen LogP contribution in [0.3, 0.4) is 0 Å². The number of ether oxygens (including phenoxy) is 1. The number of hydrogen-bond acceptors (Lipinski definition) is 4. The average molecular weight is 324 g/mol. The molecule has 0 atom stereocenters. The smallest absolute Gasteiger partial charge is 0.189 e. The highest BCUT2D eigenvalue weighted by atomic mass is 16.5. The van der Waals surface area contributed by atoms with Gasteiger partial charge in [0.25, 0.3) is 0 Å². The van der Waals surface area contributed by atoms with Gasteiger partial charge in [-0.05, 0) is 62.1 Å². The number of carbonyl (C=O) groups is 1.